The number of amidine groups is 1. The number of halogens is 2. The number of allylic oxidation sites excluding steroid dienone is 2. The van der Waals surface area contributed by atoms with Crippen molar-refractivity contribution in [2.75, 3.05) is 0 Å². The van der Waals surface area contributed by atoms with Crippen LogP contribution in [0.5, 0.6) is 0 Å². The fourth-order valence-electron chi connectivity index (χ4n) is 2.63. The van der Waals surface area contributed by atoms with E-state index in [2.05, 4.69) is 46.8 Å². The number of ether oxygens (including phenoxy) is 1. The predicted molar refractivity (Wildman–Crippen MR) is 93.8 cm³/mol. The third kappa shape index (κ3) is 3.26. The lowest BCUT2D eigenvalue weighted by Gasteiger charge is -2.31. The fourth-order valence-corrected chi connectivity index (χ4v) is 2.94. The molecule has 124 valence electrons. The highest BCUT2D eigenvalue weighted by molar-refractivity contribution is 9.28. The van der Waals surface area contributed by atoms with Gasteiger partial charge in [0, 0.05) is 0 Å². The molecular formula is C13H15Br2N5O3. The largest absolute Gasteiger partial charge is 0.387 e. The van der Waals surface area contributed by atoms with E-state index in [0.29, 0.717) is 5.84 Å². The highest BCUT2D eigenvalue weighted by Gasteiger charge is 2.49. The second-order valence-corrected chi connectivity index (χ2v) is 7.98. The van der Waals surface area contributed by atoms with Gasteiger partial charge in [0.15, 0.2) is 12.4 Å². The molecule has 0 spiro atoms. The van der Waals surface area contributed by atoms with Crippen LogP contribution in [-0.2, 0) is 4.74 Å². The highest BCUT2D eigenvalue weighted by Crippen LogP contribution is 2.30. The maximum atomic E-state index is 10.3. The Labute approximate surface area is 149 Å². The summed E-state index contributed by atoms with van der Waals surface area (Å²) in [5.74, 6) is 0.362. The van der Waals surface area contributed by atoms with E-state index < -0.39 is 36.7 Å². The number of rotatable bonds is 3. The average molecular weight is 449 g/mol. The maximum Gasteiger partial charge on any atom is 0.162 e. The Morgan fingerprint density at radius 1 is 1.30 bits per heavy atom. The minimum Gasteiger partial charge on any atom is -0.387 e. The number of hydrogen-bond acceptors (Lipinski definition) is 8. The second-order valence-electron chi connectivity index (χ2n) is 5.20. The molecule has 0 saturated carbocycles. The summed E-state index contributed by atoms with van der Waals surface area (Å²) in [5.41, 5.74) is 5.80. The van der Waals surface area contributed by atoms with E-state index in [4.69, 9.17) is 10.5 Å². The summed E-state index contributed by atoms with van der Waals surface area (Å²) in [5, 5.41) is 20.5. The van der Waals surface area contributed by atoms with Crippen molar-refractivity contribution in [1.82, 2.24) is 4.90 Å². The molecular weight excluding hydrogens is 434 g/mol. The number of aliphatic imine (C=N–C) groups is 3. The van der Waals surface area contributed by atoms with Crippen molar-refractivity contribution in [3.05, 3.63) is 21.6 Å². The van der Waals surface area contributed by atoms with Gasteiger partial charge in [0.25, 0.3) is 0 Å². The van der Waals surface area contributed by atoms with Gasteiger partial charge in [-0.25, -0.2) is 9.98 Å². The number of nitrogens with zero attached hydrogens (tertiary/aromatic N) is 4. The molecule has 23 heavy (non-hydrogen) atoms. The summed E-state index contributed by atoms with van der Waals surface area (Å²) in [6.45, 7) is 0. The van der Waals surface area contributed by atoms with Gasteiger partial charge in [-0.15, -0.1) is 0 Å². The van der Waals surface area contributed by atoms with Crippen molar-refractivity contribution in [2.45, 2.75) is 36.7 Å². The molecule has 3 heterocycles. The van der Waals surface area contributed by atoms with Gasteiger partial charge in [-0.05, 0) is 37.9 Å². The van der Waals surface area contributed by atoms with Gasteiger partial charge in [-0.2, -0.15) is 0 Å². The van der Waals surface area contributed by atoms with E-state index >= 15 is 0 Å². The lowest BCUT2D eigenvalue weighted by Crippen LogP contribution is -2.51. The van der Waals surface area contributed by atoms with Crippen molar-refractivity contribution in [2.24, 2.45) is 20.7 Å². The van der Waals surface area contributed by atoms with Crippen LogP contribution in [-0.4, -0.2) is 70.4 Å². The highest BCUT2D eigenvalue weighted by atomic mass is 79.9. The molecule has 3 aliphatic rings. The van der Waals surface area contributed by atoms with Gasteiger partial charge in [0.05, 0.1) is 9.73 Å². The summed E-state index contributed by atoms with van der Waals surface area (Å²) in [4.78, 5) is 14.1. The van der Waals surface area contributed by atoms with Crippen molar-refractivity contribution >= 4 is 50.4 Å². The molecule has 6 atom stereocenters. The smallest absolute Gasteiger partial charge is 0.162 e. The Morgan fingerprint density at radius 2 is 2.09 bits per heavy atom. The van der Waals surface area contributed by atoms with Crippen LogP contribution in [0.25, 0.3) is 0 Å². The van der Waals surface area contributed by atoms with Crippen LogP contribution in [0.2, 0.25) is 0 Å². The van der Waals surface area contributed by atoms with E-state index in [1.807, 2.05) is 0 Å². The second kappa shape index (κ2) is 6.81. The molecule has 0 aromatic heterocycles. The normalized spacial score (nSPS) is 39.0. The molecule has 6 unspecified atom stereocenters. The number of nitrogens with two attached hydrogens (primary N) is 1. The molecule has 0 bridgehead atoms. The Balaban J connectivity index is 1.73. The van der Waals surface area contributed by atoms with Crippen LogP contribution in [0, 0.1) is 0 Å². The quantitative estimate of drug-likeness (QED) is 0.528. The predicted octanol–water partition coefficient (Wildman–Crippen LogP) is 0.0582. The van der Waals surface area contributed by atoms with E-state index in [1.54, 1.807) is 23.1 Å². The molecule has 0 radical (unpaired) electrons. The number of hydrogen-bond donors (Lipinski definition) is 3. The lowest BCUT2D eigenvalue weighted by molar-refractivity contribution is -0.0593. The summed E-state index contributed by atoms with van der Waals surface area (Å²) in [6, 6.07) is -0.394. The summed E-state index contributed by atoms with van der Waals surface area (Å²) < 4.78 is 6.53. The van der Waals surface area contributed by atoms with Gasteiger partial charge < -0.3 is 25.6 Å². The van der Waals surface area contributed by atoms with E-state index in [-0.39, 0.29) is 0 Å². The summed E-state index contributed by atoms with van der Waals surface area (Å²) in [7, 11) is 0. The Bertz CT molecular complexity index is 617. The molecule has 1 fully saturated rings. The summed E-state index contributed by atoms with van der Waals surface area (Å²) in [6.07, 6.45) is 4.05. The van der Waals surface area contributed by atoms with Crippen LogP contribution in [0.3, 0.4) is 0 Å². The van der Waals surface area contributed by atoms with Gasteiger partial charge in [-0.1, -0.05) is 12.2 Å². The first-order valence-corrected chi connectivity index (χ1v) is 8.44. The molecule has 3 rings (SSSR count). The Hall–Kier alpha value is -1.07. The first-order chi connectivity index (χ1) is 11.0. The molecule has 3 aliphatic heterocycles. The standard InChI is InChI=1S/C13H15Br2N5O3/c14-7(15)3-1-2-6-9(21)10(22)13(23-6)20-5-19-8-11(16)17-4-18-12(8)20/h1-6,8-10,12-13,21-22H,(H2,16,17,18)/b2-1+. The van der Waals surface area contributed by atoms with E-state index in [0.717, 1.165) is 3.39 Å². The Kier molecular flexibility index (Phi) is 4.97. The minimum atomic E-state index is -1.10. The Morgan fingerprint density at radius 3 is 2.83 bits per heavy atom. The van der Waals surface area contributed by atoms with E-state index in [9.17, 15) is 10.2 Å². The van der Waals surface area contributed by atoms with Crippen molar-refractivity contribution in [3.63, 3.8) is 0 Å². The third-order valence-electron chi connectivity index (χ3n) is 3.77. The van der Waals surface area contributed by atoms with Crippen LogP contribution in [0.15, 0.2) is 36.6 Å². The van der Waals surface area contributed by atoms with Gasteiger partial charge in [-0.3, -0.25) is 4.99 Å². The minimum absolute atomic E-state index is 0.362. The molecule has 1 saturated heterocycles. The first-order valence-electron chi connectivity index (χ1n) is 6.85. The zero-order chi connectivity index (χ0) is 16.6. The monoisotopic (exact) mass is 447 g/mol. The molecule has 0 amide bonds. The molecule has 0 aromatic carbocycles. The van der Waals surface area contributed by atoms with Gasteiger partial charge >= 0.3 is 0 Å². The molecule has 4 N–H and O–H groups in total. The molecule has 0 aromatic rings. The SMILES string of the molecule is NC1=NC=NC2C1N=CN2C1OC(/C=C/C=C(Br)Br)C(O)C1O. The first kappa shape index (κ1) is 16.8. The van der Waals surface area contributed by atoms with Crippen LogP contribution in [0.4, 0.5) is 0 Å². The topological polar surface area (TPSA) is 116 Å². The van der Waals surface area contributed by atoms with Crippen molar-refractivity contribution in [3.8, 4) is 0 Å². The van der Waals surface area contributed by atoms with Crippen molar-refractivity contribution in [1.29, 1.82) is 0 Å². The molecule has 0 aliphatic carbocycles. The lowest BCUT2D eigenvalue weighted by atomic mass is 10.1. The average Bonchev–Trinajstić information content (AvgIpc) is 3.04. The number of aliphatic hydroxyl groups excluding tert-OH is 2. The third-order valence-corrected chi connectivity index (χ3v) is 4.30. The number of aliphatic hydroxyl groups is 2. The van der Waals surface area contributed by atoms with E-state index in [1.165, 1.54) is 12.7 Å². The van der Waals surface area contributed by atoms with Crippen molar-refractivity contribution < 1.29 is 14.9 Å². The van der Waals surface area contributed by atoms with Gasteiger partial charge in [0.1, 0.15) is 36.5 Å². The fraction of sp³-hybridized carbons (Fsp3) is 0.462. The van der Waals surface area contributed by atoms with Crippen LogP contribution in [0.1, 0.15) is 0 Å². The zero-order valence-electron chi connectivity index (χ0n) is 11.8. The number of fused-ring (bicyclic) bond motifs is 1. The molecule has 8 nitrogen and oxygen atoms in total. The summed E-state index contributed by atoms with van der Waals surface area (Å²) >= 11 is 6.46. The zero-order valence-corrected chi connectivity index (χ0v) is 14.9. The van der Waals surface area contributed by atoms with Crippen LogP contribution < -0.4 is 5.73 Å². The maximum absolute atomic E-state index is 10.3. The van der Waals surface area contributed by atoms with Gasteiger partial charge in [0.2, 0.25) is 0 Å². The van der Waals surface area contributed by atoms with Crippen LogP contribution >= 0.6 is 31.9 Å². The molecule has 10 heteroatoms.